The summed E-state index contributed by atoms with van der Waals surface area (Å²) in [6, 6.07) is 8.87. The van der Waals surface area contributed by atoms with Gasteiger partial charge < -0.3 is 19.5 Å². The smallest absolute Gasteiger partial charge is 0.339 e. The van der Waals surface area contributed by atoms with Crippen molar-refractivity contribution in [3.8, 4) is 11.5 Å². The second-order valence-corrected chi connectivity index (χ2v) is 10.4. The van der Waals surface area contributed by atoms with Gasteiger partial charge in [0, 0.05) is 23.6 Å². The molecule has 0 spiro atoms. The maximum atomic E-state index is 15.5. The molecule has 0 aliphatic carbocycles. The molecule has 1 aliphatic heterocycles. The first kappa shape index (κ1) is 30.0. The van der Waals surface area contributed by atoms with Gasteiger partial charge in [-0.25, -0.2) is 18.6 Å². The molecule has 2 N–H and O–H groups in total. The summed E-state index contributed by atoms with van der Waals surface area (Å²) in [6.45, 7) is 3.19. The van der Waals surface area contributed by atoms with Gasteiger partial charge in [0.05, 0.1) is 32.0 Å². The lowest BCUT2D eigenvalue weighted by molar-refractivity contribution is -0.120. The van der Waals surface area contributed by atoms with E-state index in [1.165, 1.54) is 19.2 Å². The van der Waals surface area contributed by atoms with E-state index in [0.29, 0.717) is 40.1 Å². The number of hydrogen-bond donors (Lipinski definition) is 2. The number of benzene rings is 3. The Balaban J connectivity index is 1.81. The van der Waals surface area contributed by atoms with Crippen LogP contribution >= 0.6 is 15.9 Å². The number of piperidine rings is 1. The topological polar surface area (TPSA) is 91.3 Å². The van der Waals surface area contributed by atoms with Gasteiger partial charge in [-0.3, -0.25) is 10.2 Å². The van der Waals surface area contributed by atoms with E-state index in [4.69, 9.17) is 9.47 Å². The maximum Gasteiger partial charge on any atom is 0.339 e. The Morgan fingerprint density at radius 2 is 1.76 bits per heavy atom. The number of carboxylic acid groups (broad SMARTS) is 1. The van der Waals surface area contributed by atoms with Crippen LogP contribution in [0.1, 0.15) is 40.7 Å². The van der Waals surface area contributed by atoms with Crippen molar-refractivity contribution < 1.29 is 37.3 Å². The monoisotopic (exact) mass is 635 g/mol. The summed E-state index contributed by atoms with van der Waals surface area (Å²) < 4.78 is 55.5. The zero-order chi connectivity index (χ0) is 29.8. The summed E-state index contributed by atoms with van der Waals surface area (Å²) in [5.41, 5.74) is 3.97. The normalized spacial score (nSPS) is 13.1. The number of hydrogen-bond acceptors (Lipinski definition) is 6. The predicted molar refractivity (Wildman–Crippen MR) is 152 cm³/mol. The number of anilines is 3. The van der Waals surface area contributed by atoms with E-state index in [9.17, 15) is 23.5 Å². The number of methoxy groups -OCH3 is 2. The first-order valence-corrected chi connectivity index (χ1v) is 13.6. The largest absolute Gasteiger partial charge is 0.496 e. The first-order valence-electron chi connectivity index (χ1n) is 12.8. The van der Waals surface area contributed by atoms with E-state index in [1.807, 2.05) is 12.1 Å². The zero-order valence-electron chi connectivity index (χ0n) is 22.7. The van der Waals surface area contributed by atoms with Crippen LogP contribution in [0.2, 0.25) is 0 Å². The molecular weight excluding hydrogens is 607 g/mol. The third-order valence-corrected chi connectivity index (χ3v) is 7.60. The highest BCUT2D eigenvalue weighted by Crippen LogP contribution is 2.41. The number of carbonyl (C=O) groups excluding carboxylic acids is 1. The van der Waals surface area contributed by atoms with Gasteiger partial charge in [0.2, 0.25) is 11.7 Å². The molecule has 4 rings (SSSR count). The molecule has 0 saturated carbocycles. The second kappa shape index (κ2) is 12.7. The van der Waals surface area contributed by atoms with Crippen molar-refractivity contribution in [3.05, 3.63) is 75.0 Å². The van der Waals surface area contributed by atoms with Crippen LogP contribution < -0.4 is 24.8 Å². The molecule has 0 atom stereocenters. The Hall–Kier alpha value is -3.93. The highest BCUT2D eigenvalue weighted by Gasteiger charge is 2.29. The van der Waals surface area contributed by atoms with Gasteiger partial charge in [-0.05, 0) is 55.5 Å². The lowest BCUT2D eigenvalue weighted by atomic mass is 10.1. The molecule has 1 saturated heterocycles. The van der Waals surface area contributed by atoms with Crippen LogP contribution in [-0.4, -0.2) is 44.3 Å². The Labute approximate surface area is 243 Å². The molecule has 0 unspecified atom stereocenters. The van der Waals surface area contributed by atoms with Crippen molar-refractivity contribution >= 4 is 44.9 Å². The summed E-state index contributed by atoms with van der Waals surface area (Å²) in [6.07, 6.45) is 2.62. The zero-order valence-corrected chi connectivity index (χ0v) is 24.3. The van der Waals surface area contributed by atoms with E-state index >= 15 is 4.39 Å². The SMILES string of the molecule is COc1cc(CC(=O)NN(c2cc(F)c(OC)c(F)c2F)c2c(C)cccc2N2CCCCC2)c(Br)cc1C(=O)O. The molecule has 0 radical (unpaired) electrons. The molecule has 12 heteroatoms. The van der Waals surface area contributed by atoms with Crippen LogP contribution in [0.15, 0.2) is 40.9 Å². The average molecular weight is 636 g/mol. The number of para-hydroxylation sites is 1. The standard InChI is InChI=1S/C29H29BrF3N3O5/c1-16-8-7-9-21(35-10-5-4-6-11-35)27(16)36(22-15-20(31)28(41-3)26(33)25(22)32)34-24(37)13-17-12-23(40-2)18(29(38)39)14-19(17)30/h7-9,12,14-15H,4-6,10-11,13H2,1-3H3,(H,34,37)(H,38,39). The molecule has 3 aromatic carbocycles. The molecule has 0 bridgehead atoms. The van der Waals surface area contributed by atoms with E-state index in [-0.39, 0.29) is 17.7 Å². The van der Waals surface area contributed by atoms with E-state index < -0.39 is 40.8 Å². The van der Waals surface area contributed by atoms with Gasteiger partial charge in [0.1, 0.15) is 17.0 Å². The number of hydrazine groups is 1. The minimum Gasteiger partial charge on any atom is -0.496 e. The number of carboxylic acids is 1. The fourth-order valence-electron chi connectivity index (χ4n) is 4.88. The number of aryl methyl sites for hydroxylation is 1. The Morgan fingerprint density at radius 1 is 1.05 bits per heavy atom. The highest BCUT2D eigenvalue weighted by atomic mass is 79.9. The van der Waals surface area contributed by atoms with Gasteiger partial charge in [-0.2, -0.15) is 4.39 Å². The van der Waals surface area contributed by atoms with Crippen LogP contribution in [-0.2, 0) is 11.2 Å². The van der Waals surface area contributed by atoms with Gasteiger partial charge in [0.25, 0.3) is 0 Å². The van der Waals surface area contributed by atoms with Crippen LogP contribution in [0.3, 0.4) is 0 Å². The number of rotatable bonds is 9. The van der Waals surface area contributed by atoms with Crippen molar-refractivity contribution in [1.29, 1.82) is 0 Å². The molecule has 3 aromatic rings. The van der Waals surface area contributed by atoms with Gasteiger partial charge >= 0.3 is 5.97 Å². The first-order chi connectivity index (χ1) is 19.6. The van der Waals surface area contributed by atoms with E-state index in [0.717, 1.165) is 37.4 Å². The van der Waals surface area contributed by atoms with E-state index in [1.54, 1.807) is 13.0 Å². The van der Waals surface area contributed by atoms with Crippen LogP contribution in [0, 0.1) is 24.4 Å². The van der Waals surface area contributed by atoms with Crippen LogP contribution in [0.4, 0.5) is 30.2 Å². The quantitative estimate of drug-likeness (QED) is 0.211. The summed E-state index contributed by atoms with van der Waals surface area (Å²) in [5, 5.41) is 10.5. The fourth-order valence-corrected chi connectivity index (χ4v) is 5.36. The van der Waals surface area contributed by atoms with Crippen molar-refractivity contribution in [2.24, 2.45) is 0 Å². The Morgan fingerprint density at radius 3 is 2.39 bits per heavy atom. The molecule has 1 amide bonds. The number of ether oxygens (including phenoxy) is 2. The summed E-state index contributed by atoms with van der Waals surface area (Å²) in [5.74, 6) is -6.82. The number of nitrogens with zero attached hydrogens (tertiary/aromatic N) is 2. The number of aromatic carboxylic acids is 1. The Kier molecular flexibility index (Phi) is 9.31. The summed E-state index contributed by atoms with van der Waals surface area (Å²) >= 11 is 3.29. The van der Waals surface area contributed by atoms with Crippen molar-refractivity contribution in [3.63, 3.8) is 0 Å². The lowest BCUT2D eigenvalue weighted by Gasteiger charge is -2.35. The minimum absolute atomic E-state index is 0.0389. The molecule has 41 heavy (non-hydrogen) atoms. The third-order valence-electron chi connectivity index (χ3n) is 6.87. The lowest BCUT2D eigenvalue weighted by Crippen LogP contribution is -2.42. The van der Waals surface area contributed by atoms with Crippen LogP contribution in [0.25, 0.3) is 0 Å². The fraction of sp³-hybridized carbons (Fsp3) is 0.310. The van der Waals surface area contributed by atoms with Crippen molar-refractivity contribution in [1.82, 2.24) is 5.43 Å². The van der Waals surface area contributed by atoms with Gasteiger partial charge in [-0.15, -0.1) is 0 Å². The van der Waals surface area contributed by atoms with Crippen LogP contribution in [0.5, 0.6) is 11.5 Å². The van der Waals surface area contributed by atoms with Gasteiger partial charge in [0.15, 0.2) is 17.4 Å². The minimum atomic E-state index is -1.54. The molecule has 218 valence electrons. The number of amides is 1. The number of halogens is 4. The van der Waals surface area contributed by atoms with Gasteiger partial charge in [-0.1, -0.05) is 28.1 Å². The number of carbonyl (C=O) groups is 2. The third kappa shape index (κ3) is 6.22. The number of nitrogens with one attached hydrogen (secondary N) is 1. The highest BCUT2D eigenvalue weighted by molar-refractivity contribution is 9.10. The predicted octanol–water partition coefficient (Wildman–Crippen LogP) is 6.29. The van der Waals surface area contributed by atoms with Crippen molar-refractivity contribution in [2.75, 3.05) is 37.2 Å². The molecule has 0 aromatic heterocycles. The molecule has 1 fully saturated rings. The second-order valence-electron chi connectivity index (χ2n) is 9.53. The summed E-state index contributed by atoms with van der Waals surface area (Å²) in [4.78, 5) is 27.1. The molecule has 8 nitrogen and oxygen atoms in total. The average Bonchev–Trinajstić information content (AvgIpc) is 2.95. The van der Waals surface area contributed by atoms with E-state index in [2.05, 4.69) is 26.3 Å². The Bertz CT molecular complexity index is 1480. The summed E-state index contributed by atoms with van der Waals surface area (Å²) in [7, 11) is 2.33. The molecular formula is C29H29BrF3N3O5. The maximum absolute atomic E-state index is 15.5. The molecule has 1 aliphatic rings. The molecule has 1 heterocycles. The van der Waals surface area contributed by atoms with Crippen molar-refractivity contribution in [2.45, 2.75) is 32.6 Å².